The molecule has 6 N–H and O–H groups in total. The van der Waals surface area contributed by atoms with E-state index in [0.29, 0.717) is 23.2 Å². The highest BCUT2D eigenvalue weighted by atomic mass is 16.3. The predicted octanol–water partition coefficient (Wildman–Crippen LogP) is 4.67. The van der Waals surface area contributed by atoms with Crippen molar-refractivity contribution >= 4 is 11.4 Å². The molecule has 0 aliphatic heterocycles. The van der Waals surface area contributed by atoms with E-state index in [1.165, 1.54) is 43.2 Å². The molecule has 2 aromatic rings. The molecule has 0 saturated heterocycles. The van der Waals surface area contributed by atoms with Crippen molar-refractivity contribution < 1.29 is 10.2 Å². The van der Waals surface area contributed by atoms with Gasteiger partial charge >= 0.3 is 0 Å². The van der Waals surface area contributed by atoms with Gasteiger partial charge in [-0.05, 0) is 109 Å². The standard InChI is InChI=1S/C24H30N2O2/c1-13-17(3-5-19(27)21(13)25)23-8-15-7-16(9-23)11-24(10-15,12-23)18-4-6-20(28)22(26)14(18)2/h3-6,15-16,27-28H,7-12,25-26H2,1-2H3. The molecule has 6 rings (SSSR count). The molecule has 0 heterocycles. The van der Waals surface area contributed by atoms with Crippen LogP contribution in [0.1, 0.15) is 60.8 Å². The van der Waals surface area contributed by atoms with E-state index < -0.39 is 0 Å². The van der Waals surface area contributed by atoms with Crippen LogP contribution in [-0.2, 0) is 10.8 Å². The van der Waals surface area contributed by atoms with Crippen LogP contribution in [0.2, 0.25) is 0 Å². The van der Waals surface area contributed by atoms with Gasteiger partial charge in [-0.25, -0.2) is 0 Å². The van der Waals surface area contributed by atoms with Gasteiger partial charge in [0.2, 0.25) is 0 Å². The Hall–Kier alpha value is -2.36. The molecule has 4 saturated carbocycles. The molecule has 0 amide bonds. The van der Waals surface area contributed by atoms with Crippen LogP contribution < -0.4 is 11.5 Å². The highest BCUT2D eigenvalue weighted by molar-refractivity contribution is 5.64. The molecule has 0 aromatic heterocycles. The van der Waals surface area contributed by atoms with E-state index in [0.717, 1.165) is 17.5 Å². The molecule has 4 fully saturated rings. The highest BCUT2D eigenvalue weighted by Crippen LogP contribution is 2.67. The number of phenols is 2. The second-order valence-electron chi connectivity index (χ2n) is 9.86. The molecular weight excluding hydrogens is 348 g/mol. The van der Waals surface area contributed by atoms with Gasteiger partial charge < -0.3 is 21.7 Å². The molecular formula is C24H30N2O2. The highest BCUT2D eigenvalue weighted by Gasteiger charge is 2.59. The Kier molecular flexibility index (Phi) is 3.54. The largest absolute Gasteiger partial charge is 0.506 e. The van der Waals surface area contributed by atoms with Gasteiger partial charge in [-0.2, -0.15) is 0 Å². The summed E-state index contributed by atoms with van der Waals surface area (Å²) in [4.78, 5) is 0. The molecule has 4 bridgehead atoms. The first-order valence-corrected chi connectivity index (χ1v) is 10.4. The fourth-order valence-electron chi connectivity index (χ4n) is 7.47. The van der Waals surface area contributed by atoms with Crippen LogP contribution >= 0.6 is 0 Å². The van der Waals surface area contributed by atoms with Gasteiger partial charge in [-0.15, -0.1) is 0 Å². The lowest BCUT2D eigenvalue weighted by Crippen LogP contribution is -2.56. The Balaban J connectivity index is 1.67. The van der Waals surface area contributed by atoms with E-state index in [1.807, 2.05) is 0 Å². The lowest BCUT2D eigenvalue weighted by Gasteiger charge is -2.63. The smallest absolute Gasteiger partial charge is 0.138 e. The lowest BCUT2D eigenvalue weighted by atomic mass is 9.41. The van der Waals surface area contributed by atoms with Crippen molar-refractivity contribution in [1.29, 1.82) is 0 Å². The Labute approximate surface area is 166 Å². The van der Waals surface area contributed by atoms with E-state index >= 15 is 0 Å². The van der Waals surface area contributed by atoms with Crippen molar-refractivity contribution in [3.05, 3.63) is 46.5 Å². The number of hydrogen-bond acceptors (Lipinski definition) is 4. The van der Waals surface area contributed by atoms with Crippen molar-refractivity contribution in [3.8, 4) is 11.5 Å². The Morgan fingerprint density at radius 3 is 1.54 bits per heavy atom. The summed E-state index contributed by atoms with van der Waals surface area (Å²) in [5, 5.41) is 20.1. The molecule has 28 heavy (non-hydrogen) atoms. The van der Waals surface area contributed by atoms with Gasteiger partial charge in [0.1, 0.15) is 11.5 Å². The number of nitrogens with two attached hydrogens (primary N) is 2. The second-order valence-corrected chi connectivity index (χ2v) is 9.86. The summed E-state index contributed by atoms with van der Waals surface area (Å²) in [6, 6.07) is 7.76. The summed E-state index contributed by atoms with van der Waals surface area (Å²) >= 11 is 0. The van der Waals surface area contributed by atoms with Crippen molar-refractivity contribution in [2.75, 3.05) is 11.5 Å². The molecule has 4 nitrogen and oxygen atoms in total. The Bertz CT molecular complexity index is 892. The number of benzene rings is 2. The molecule has 4 aliphatic carbocycles. The molecule has 0 radical (unpaired) electrons. The van der Waals surface area contributed by atoms with Gasteiger partial charge in [0.15, 0.2) is 0 Å². The predicted molar refractivity (Wildman–Crippen MR) is 113 cm³/mol. The van der Waals surface area contributed by atoms with E-state index in [-0.39, 0.29) is 22.3 Å². The van der Waals surface area contributed by atoms with Crippen molar-refractivity contribution in [1.82, 2.24) is 0 Å². The topological polar surface area (TPSA) is 92.5 Å². The van der Waals surface area contributed by atoms with Crippen LogP contribution in [0.4, 0.5) is 11.4 Å². The minimum atomic E-state index is 0.120. The monoisotopic (exact) mass is 378 g/mol. The quantitative estimate of drug-likeness (QED) is 0.451. The average molecular weight is 379 g/mol. The summed E-state index contributed by atoms with van der Waals surface area (Å²) in [5.41, 5.74) is 18.4. The molecule has 148 valence electrons. The number of hydrogen-bond donors (Lipinski definition) is 4. The summed E-state index contributed by atoms with van der Waals surface area (Å²) in [7, 11) is 0. The van der Waals surface area contributed by atoms with Crippen LogP contribution in [0.15, 0.2) is 24.3 Å². The first-order valence-electron chi connectivity index (χ1n) is 10.4. The summed E-state index contributed by atoms with van der Waals surface area (Å²) in [5.74, 6) is 1.79. The van der Waals surface area contributed by atoms with Crippen LogP contribution in [0.5, 0.6) is 11.5 Å². The normalized spacial score (nSPS) is 33.4. The van der Waals surface area contributed by atoms with E-state index in [9.17, 15) is 10.2 Å². The Morgan fingerprint density at radius 1 is 0.750 bits per heavy atom. The van der Waals surface area contributed by atoms with Crippen LogP contribution in [-0.4, -0.2) is 10.2 Å². The van der Waals surface area contributed by atoms with Crippen molar-refractivity contribution in [3.63, 3.8) is 0 Å². The summed E-state index contributed by atoms with van der Waals surface area (Å²) in [6.45, 7) is 4.11. The van der Waals surface area contributed by atoms with Crippen molar-refractivity contribution in [2.24, 2.45) is 11.8 Å². The van der Waals surface area contributed by atoms with E-state index in [1.54, 1.807) is 12.1 Å². The van der Waals surface area contributed by atoms with E-state index in [4.69, 9.17) is 11.5 Å². The fraction of sp³-hybridized carbons (Fsp3) is 0.500. The number of phenolic OH excluding ortho intramolecular Hbond substituents is 2. The third-order valence-corrected chi connectivity index (χ3v) is 8.19. The maximum absolute atomic E-state index is 10.1. The van der Waals surface area contributed by atoms with Crippen molar-refractivity contribution in [2.45, 2.75) is 63.2 Å². The number of aromatic hydroxyl groups is 2. The number of rotatable bonds is 2. The second kappa shape index (κ2) is 5.59. The van der Waals surface area contributed by atoms with Gasteiger partial charge in [0, 0.05) is 0 Å². The minimum Gasteiger partial charge on any atom is -0.506 e. The van der Waals surface area contributed by atoms with Crippen LogP contribution in [0, 0.1) is 25.7 Å². The molecule has 0 spiro atoms. The first kappa shape index (κ1) is 17.7. The van der Waals surface area contributed by atoms with Gasteiger partial charge in [0.25, 0.3) is 0 Å². The maximum Gasteiger partial charge on any atom is 0.138 e. The maximum atomic E-state index is 10.1. The molecule has 4 heteroatoms. The summed E-state index contributed by atoms with van der Waals surface area (Å²) < 4.78 is 0. The number of nitrogen functional groups attached to an aromatic ring is 2. The zero-order chi connectivity index (χ0) is 19.8. The molecule has 4 aliphatic rings. The molecule has 2 aromatic carbocycles. The fourth-order valence-corrected chi connectivity index (χ4v) is 7.47. The summed E-state index contributed by atoms with van der Waals surface area (Å²) in [6.07, 6.45) is 7.27. The first-order chi connectivity index (χ1) is 13.2. The average Bonchev–Trinajstić information content (AvgIpc) is 2.63. The van der Waals surface area contributed by atoms with Gasteiger partial charge in [-0.1, -0.05) is 12.1 Å². The Morgan fingerprint density at radius 2 is 1.14 bits per heavy atom. The third kappa shape index (κ3) is 2.23. The zero-order valence-electron chi connectivity index (χ0n) is 16.8. The van der Waals surface area contributed by atoms with Crippen LogP contribution in [0.3, 0.4) is 0 Å². The van der Waals surface area contributed by atoms with Crippen LogP contribution in [0.25, 0.3) is 0 Å². The van der Waals surface area contributed by atoms with Gasteiger partial charge in [-0.3, -0.25) is 0 Å². The third-order valence-electron chi connectivity index (χ3n) is 8.19. The SMILES string of the molecule is Cc1c(C23CC4CC(C2)CC(c2ccc(O)c(N)c2C)(C4)C3)ccc(O)c1N. The molecule has 0 unspecified atom stereocenters. The minimum absolute atomic E-state index is 0.120. The zero-order valence-corrected chi connectivity index (χ0v) is 16.8. The van der Waals surface area contributed by atoms with Gasteiger partial charge in [0.05, 0.1) is 11.4 Å². The van der Waals surface area contributed by atoms with E-state index in [2.05, 4.69) is 26.0 Å². The number of anilines is 2. The lowest BCUT2D eigenvalue weighted by molar-refractivity contribution is -0.0285. The molecule has 0 atom stereocenters.